The highest BCUT2D eigenvalue weighted by Gasteiger charge is 2.26. The third kappa shape index (κ3) is 6.32. The normalized spacial score (nSPS) is 10.4. The molecular weight excluding hydrogens is 474 g/mol. The third-order valence-corrected chi connectivity index (χ3v) is 4.78. The van der Waals surface area contributed by atoms with Crippen molar-refractivity contribution in [3.05, 3.63) is 61.4 Å². The summed E-state index contributed by atoms with van der Waals surface area (Å²) >= 11 is 5.72. The molecule has 13 heteroatoms. The molecule has 0 atom stereocenters. The number of halogens is 1. The number of hydrogen-bond donors (Lipinski definition) is 2. The predicted octanol–water partition coefficient (Wildman–Crippen LogP) is 2.71. The highest BCUT2D eigenvalue weighted by molar-refractivity contribution is 6.32. The van der Waals surface area contributed by atoms with Crippen molar-refractivity contribution in [1.82, 2.24) is 10.3 Å². The summed E-state index contributed by atoms with van der Waals surface area (Å²) in [5.41, 5.74) is -0.0770. The van der Waals surface area contributed by atoms with Crippen molar-refractivity contribution in [3.63, 3.8) is 0 Å². The second-order valence-electron chi connectivity index (χ2n) is 6.69. The molecule has 1 amide bonds. The minimum absolute atomic E-state index is 0.0218. The summed E-state index contributed by atoms with van der Waals surface area (Å²) in [4.78, 5) is 61.8. The molecule has 0 aliphatic rings. The van der Waals surface area contributed by atoms with Gasteiger partial charge in [-0.15, -0.1) is 0 Å². The molecule has 0 aliphatic carbocycles. The van der Waals surface area contributed by atoms with E-state index >= 15 is 0 Å². The molecule has 0 radical (unpaired) electrons. The van der Waals surface area contributed by atoms with Crippen LogP contribution in [0.2, 0.25) is 5.02 Å². The molecular formula is C21H22ClN3O9. The number of carbonyl (C=O) groups is 4. The molecule has 2 rings (SSSR count). The number of aromatic amines is 1. The quantitative estimate of drug-likeness (QED) is 0.218. The number of nitrogens with zero attached hydrogens (tertiary/aromatic N) is 1. The maximum absolute atomic E-state index is 12.3. The molecule has 1 aromatic carbocycles. The van der Waals surface area contributed by atoms with Crippen molar-refractivity contribution in [2.24, 2.45) is 0 Å². The average Bonchev–Trinajstić information content (AvgIpc) is 3.12. The lowest BCUT2D eigenvalue weighted by atomic mass is 10.1. The number of H-pyrrole nitrogens is 1. The van der Waals surface area contributed by atoms with Gasteiger partial charge in [0.2, 0.25) is 0 Å². The summed E-state index contributed by atoms with van der Waals surface area (Å²) in [6.07, 6.45) is 0. The summed E-state index contributed by atoms with van der Waals surface area (Å²) < 4.78 is 15.1. The van der Waals surface area contributed by atoms with Crippen LogP contribution in [-0.2, 0) is 25.6 Å². The van der Waals surface area contributed by atoms with Crippen molar-refractivity contribution >= 4 is 41.1 Å². The fraction of sp³-hybridized carbons (Fsp3) is 0.333. The van der Waals surface area contributed by atoms with Gasteiger partial charge in [-0.05, 0) is 38.5 Å². The topological polar surface area (TPSA) is 167 Å². The fourth-order valence-corrected chi connectivity index (χ4v) is 3.09. The summed E-state index contributed by atoms with van der Waals surface area (Å²) in [6, 6.07) is 3.44. The van der Waals surface area contributed by atoms with E-state index in [9.17, 15) is 29.3 Å². The third-order valence-electron chi connectivity index (χ3n) is 4.46. The second-order valence-corrected chi connectivity index (χ2v) is 7.09. The van der Waals surface area contributed by atoms with Gasteiger partial charge in [0.05, 0.1) is 29.4 Å². The summed E-state index contributed by atoms with van der Waals surface area (Å²) in [6.45, 7) is 3.99. The van der Waals surface area contributed by atoms with Gasteiger partial charge in [-0.25, -0.2) is 9.59 Å². The maximum Gasteiger partial charge on any atom is 0.355 e. The van der Waals surface area contributed by atoms with E-state index in [1.54, 1.807) is 13.8 Å². The van der Waals surface area contributed by atoms with Crippen molar-refractivity contribution in [2.45, 2.75) is 27.4 Å². The Labute approximate surface area is 198 Å². The van der Waals surface area contributed by atoms with Gasteiger partial charge < -0.3 is 24.5 Å². The van der Waals surface area contributed by atoms with Crippen LogP contribution in [0.3, 0.4) is 0 Å². The molecule has 0 saturated carbocycles. The van der Waals surface area contributed by atoms with Crippen LogP contribution < -0.4 is 5.32 Å². The number of rotatable bonds is 10. The molecule has 0 saturated heterocycles. The summed E-state index contributed by atoms with van der Waals surface area (Å²) in [7, 11) is 0. The molecule has 2 aromatic rings. The standard InChI is InChI=1S/C21H22ClN3O9/c1-4-32-20(28)17-11(3)18(21(29)33-5-2)24-14(17)10-34-16(26)9-23-19(27)12-6-7-13(22)15(8-12)25(30)31/h6-8,24H,4-5,9-10H2,1-3H3,(H,23,27). The Kier molecular flexibility index (Phi) is 9.13. The summed E-state index contributed by atoms with van der Waals surface area (Å²) in [5.74, 6) is -3.02. The molecule has 0 fully saturated rings. The number of amides is 1. The Morgan fingerprint density at radius 3 is 2.35 bits per heavy atom. The van der Waals surface area contributed by atoms with E-state index in [1.807, 2.05) is 0 Å². The second kappa shape index (κ2) is 11.8. The number of nitro benzene ring substituents is 1. The monoisotopic (exact) mass is 495 g/mol. The number of aromatic nitrogens is 1. The Balaban J connectivity index is 2.08. The van der Waals surface area contributed by atoms with Gasteiger partial charge in [-0.3, -0.25) is 19.7 Å². The van der Waals surface area contributed by atoms with Crippen molar-refractivity contribution < 1.29 is 38.3 Å². The van der Waals surface area contributed by atoms with E-state index in [1.165, 1.54) is 19.1 Å². The lowest BCUT2D eigenvalue weighted by Gasteiger charge is -2.08. The number of nitrogens with one attached hydrogen (secondary N) is 2. The van der Waals surface area contributed by atoms with Gasteiger partial charge in [0.1, 0.15) is 23.9 Å². The van der Waals surface area contributed by atoms with Crippen LogP contribution >= 0.6 is 11.6 Å². The van der Waals surface area contributed by atoms with E-state index in [2.05, 4.69) is 10.3 Å². The van der Waals surface area contributed by atoms with Gasteiger partial charge >= 0.3 is 17.9 Å². The van der Waals surface area contributed by atoms with E-state index < -0.39 is 47.6 Å². The average molecular weight is 496 g/mol. The van der Waals surface area contributed by atoms with Crippen LogP contribution in [0.5, 0.6) is 0 Å². The number of esters is 3. The zero-order valence-corrected chi connectivity index (χ0v) is 19.3. The van der Waals surface area contributed by atoms with Crippen LogP contribution in [0.25, 0.3) is 0 Å². The zero-order valence-electron chi connectivity index (χ0n) is 18.6. The van der Waals surface area contributed by atoms with Crippen molar-refractivity contribution in [2.75, 3.05) is 19.8 Å². The maximum atomic E-state index is 12.3. The van der Waals surface area contributed by atoms with E-state index in [-0.39, 0.29) is 46.3 Å². The van der Waals surface area contributed by atoms with E-state index in [0.29, 0.717) is 0 Å². The van der Waals surface area contributed by atoms with E-state index in [4.69, 9.17) is 25.8 Å². The fourth-order valence-electron chi connectivity index (χ4n) is 2.91. The largest absolute Gasteiger partial charge is 0.462 e. The predicted molar refractivity (Wildman–Crippen MR) is 118 cm³/mol. The first-order valence-electron chi connectivity index (χ1n) is 10.0. The lowest BCUT2D eigenvalue weighted by Crippen LogP contribution is -2.30. The molecule has 2 N–H and O–H groups in total. The van der Waals surface area contributed by atoms with Gasteiger partial charge in [0.25, 0.3) is 11.6 Å². The molecule has 34 heavy (non-hydrogen) atoms. The molecule has 0 aliphatic heterocycles. The van der Waals surface area contributed by atoms with Crippen LogP contribution in [0.4, 0.5) is 5.69 Å². The Bertz CT molecular complexity index is 1130. The van der Waals surface area contributed by atoms with Crippen LogP contribution in [0.1, 0.15) is 56.3 Å². The molecule has 0 bridgehead atoms. The SMILES string of the molecule is CCOC(=O)c1[nH]c(COC(=O)CNC(=O)c2ccc(Cl)c([N+](=O)[O-])c2)c(C(=O)OCC)c1C. The number of carbonyl (C=O) groups excluding carboxylic acids is 4. The number of benzene rings is 1. The van der Waals surface area contributed by atoms with Crippen molar-refractivity contribution in [1.29, 1.82) is 0 Å². The van der Waals surface area contributed by atoms with Crippen LogP contribution in [-0.4, -0.2) is 53.5 Å². The molecule has 182 valence electrons. The van der Waals surface area contributed by atoms with Crippen LogP contribution in [0.15, 0.2) is 18.2 Å². The smallest absolute Gasteiger partial charge is 0.355 e. The number of ether oxygens (including phenoxy) is 3. The van der Waals surface area contributed by atoms with E-state index in [0.717, 1.165) is 6.07 Å². The minimum atomic E-state index is -0.864. The van der Waals surface area contributed by atoms with Gasteiger partial charge in [0, 0.05) is 11.6 Å². The first kappa shape index (κ1) is 26.3. The zero-order chi connectivity index (χ0) is 25.4. The highest BCUT2D eigenvalue weighted by Crippen LogP contribution is 2.25. The first-order valence-corrected chi connectivity index (χ1v) is 10.4. The number of hydrogen-bond acceptors (Lipinski definition) is 9. The first-order chi connectivity index (χ1) is 16.1. The molecule has 0 spiro atoms. The molecule has 1 heterocycles. The van der Waals surface area contributed by atoms with Gasteiger partial charge in [-0.1, -0.05) is 11.6 Å². The molecule has 1 aromatic heterocycles. The molecule has 0 unspecified atom stereocenters. The van der Waals surface area contributed by atoms with Gasteiger partial charge in [0.15, 0.2) is 0 Å². The number of nitro groups is 1. The Morgan fingerprint density at radius 1 is 1.09 bits per heavy atom. The van der Waals surface area contributed by atoms with Crippen LogP contribution in [0, 0.1) is 17.0 Å². The lowest BCUT2D eigenvalue weighted by molar-refractivity contribution is -0.384. The Hall–Kier alpha value is -3.93. The van der Waals surface area contributed by atoms with Gasteiger partial charge in [-0.2, -0.15) is 0 Å². The van der Waals surface area contributed by atoms with Crippen molar-refractivity contribution in [3.8, 4) is 0 Å². The highest BCUT2D eigenvalue weighted by atomic mass is 35.5. The minimum Gasteiger partial charge on any atom is -0.462 e. The summed E-state index contributed by atoms with van der Waals surface area (Å²) in [5, 5.41) is 13.1. The molecule has 12 nitrogen and oxygen atoms in total. The Morgan fingerprint density at radius 2 is 1.74 bits per heavy atom.